The zero-order valence-electron chi connectivity index (χ0n) is 17.1. The average Bonchev–Trinajstić information content (AvgIpc) is 3.51. The van der Waals surface area contributed by atoms with Crippen molar-refractivity contribution in [3.05, 3.63) is 54.1 Å². The predicted molar refractivity (Wildman–Crippen MR) is 114 cm³/mol. The summed E-state index contributed by atoms with van der Waals surface area (Å²) in [5.41, 5.74) is 0.902. The molecule has 29 heavy (non-hydrogen) atoms. The third-order valence-electron chi connectivity index (χ3n) is 5.31. The summed E-state index contributed by atoms with van der Waals surface area (Å²) in [6.07, 6.45) is 2.51. The summed E-state index contributed by atoms with van der Waals surface area (Å²) >= 11 is 0. The molecule has 0 unspecified atom stereocenters. The van der Waals surface area contributed by atoms with Crippen LogP contribution in [0.5, 0.6) is 5.75 Å². The summed E-state index contributed by atoms with van der Waals surface area (Å²) in [7, 11) is -3.70. The molecule has 0 bridgehead atoms. The second-order valence-electron chi connectivity index (χ2n) is 7.45. The largest absolute Gasteiger partial charge is 0.494 e. The molecule has 156 valence electrons. The molecular formula is C22H28N2O4S. The first-order chi connectivity index (χ1) is 13.8. The Kier molecular flexibility index (Phi) is 6.17. The molecule has 1 aliphatic carbocycles. The molecule has 2 aromatic carbocycles. The van der Waals surface area contributed by atoms with Gasteiger partial charge in [-0.1, -0.05) is 19.1 Å². The van der Waals surface area contributed by atoms with Crippen molar-refractivity contribution in [2.75, 3.05) is 11.3 Å². The molecule has 1 amide bonds. The highest BCUT2D eigenvalue weighted by atomic mass is 32.2. The first kappa shape index (κ1) is 21.2. The van der Waals surface area contributed by atoms with E-state index in [1.807, 2.05) is 32.9 Å². The minimum atomic E-state index is -3.70. The lowest BCUT2D eigenvalue weighted by Crippen LogP contribution is -2.39. The molecule has 2 N–H and O–H groups in total. The molecule has 3 rings (SSSR count). The molecule has 1 fully saturated rings. The highest BCUT2D eigenvalue weighted by molar-refractivity contribution is 7.92. The fraction of sp³-hybridized carbons (Fsp3) is 0.409. The fourth-order valence-electron chi connectivity index (χ4n) is 3.19. The maximum absolute atomic E-state index is 12.6. The molecule has 0 aromatic heterocycles. The van der Waals surface area contributed by atoms with E-state index in [0.717, 1.165) is 24.8 Å². The molecule has 0 saturated heterocycles. The van der Waals surface area contributed by atoms with E-state index in [9.17, 15) is 13.2 Å². The lowest BCUT2D eigenvalue weighted by Gasteiger charge is -2.19. The number of carbonyl (C=O) groups is 1. The molecule has 6 nitrogen and oxygen atoms in total. The molecule has 0 spiro atoms. The number of anilines is 1. The smallest absolute Gasteiger partial charge is 0.261 e. The number of rotatable bonds is 9. The van der Waals surface area contributed by atoms with E-state index in [-0.39, 0.29) is 16.8 Å². The van der Waals surface area contributed by atoms with Gasteiger partial charge in [0.05, 0.1) is 16.9 Å². The van der Waals surface area contributed by atoms with Gasteiger partial charge < -0.3 is 10.1 Å². The Bertz CT molecular complexity index is 949. The number of amides is 1. The monoisotopic (exact) mass is 416 g/mol. The first-order valence-corrected chi connectivity index (χ1v) is 11.5. The van der Waals surface area contributed by atoms with Crippen molar-refractivity contribution in [3.8, 4) is 5.75 Å². The van der Waals surface area contributed by atoms with Crippen LogP contribution in [0.2, 0.25) is 0 Å². The number of sulfonamides is 1. The highest BCUT2D eigenvalue weighted by Crippen LogP contribution is 2.48. The van der Waals surface area contributed by atoms with Gasteiger partial charge >= 0.3 is 0 Å². The third kappa shape index (κ3) is 4.72. The Morgan fingerprint density at radius 2 is 1.69 bits per heavy atom. The summed E-state index contributed by atoms with van der Waals surface area (Å²) in [5.74, 6) is 0.677. The quantitative estimate of drug-likeness (QED) is 0.651. The number of hydrogen-bond acceptors (Lipinski definition) is 4. The Labute approximate surface area is 172 Å². The van der Waals surface area contributed by atoms with Crippen LogP contribution in [0.3, 0.4) is 0 Å². The Morgan fingerprint density at radius 3 is 2.21 bits per heavy atom. The van der Waals surface area contributed by atoms with E-state index in [4.69, 9.17) is 4.74 Å². The van der Waals surface area contributed by atoms with Crippen molar-refractivity contribution in [3.63, 3.8) is 0 Å². The summed E-state index contributed by atoms with van der Waals surface area (Å²) < 4.78 is 33.2. The Hall–Kier alpha value is -2.54. The second-order valence-corrected chi connectivity index (χ2v) is 9.13. The summed E-state index contributed by atoms with van der Waals surface area (Å²) in [4.78, 5) is 12.8. The first-order valence-electron chi connectivity index (χ1n) is 9.98. The van der Waals surface area contributed by atoms with E-state index >= 15 is 0 Å². The van der Waals surface area contributed by atoms with Crippen LogP contribution in [0.15, 0.2) is 53.4 Å². The molecule has 0 radical (unpaired) electrons. The van der Waals surface area contributed by atoms with E-state index < -0.39 is 15.4 Å². The maximum atomic E-state index is 12.6. The fourth-order valence-corrected chi connectivity index (χ4v) is 4.25. The number of benzene rings is 2. The topological polar surface area (TPSA) is 84.5 Å². The van der Waals surface area contributed by atoms with Crippen LogP contribution in [0.25, 0.3) is 0 Å². The van der Waals surface area contributed by atoms with Crippen molar-refractivity contribution in [1.82, 2.24) is 5.32 Å². The number of ether oxygens (including phenoxy) is 1. The molecule has 0 aliphatic heterocycles. The van der Waals surface area contributed by atoms with Gasteiger partial charge in [0.25, 0.3) is 10.0 Å². The van der Waals surface area contributed by atoms with Gasteiger partial charge in [-0.3, -0.25) is 9.52 Å². The maximum Gasteiger partial charge on any atom is 0.261 e. The van der Waals surface area contributed by atoms with E-state index in [1.165, 1.54) is 12.1 Å². The van der Waals surface area contributed by atoms with E-state index in [1.54, 1.807) is 24.3 Å². The summed E-state index contributed by atoms with van der Waals surface area (Å²) in [6, 6.07) is 13.5. The minimum absolute atomic E-state index is 0.0505. The van der Waals surface area contributed by atoms with Crippen molar-refractivity contribution >= 4 is 21.6 Å². The zero-order chi connectivity index (χ0) is 21.1. The zero-order valence-corrected chi connectivity index (χ0v) is 17.9. The SMILES string of the molecule is CCOc1ccc(S(=O)(=O)Nc2ccc(C3(C(=O)N[C@H](C)CC)CC3)cc2)cc1. The van der Waals surface area contributed by atoms with Gasteiger partial charge in [-0.15, -0.1) is 0 Å². The van der Waals surface area contributed by atoms with Crippen LogP contribution in [0, 0.1) is 0 Å². The number of carbonyl (C=O) groups excluding carboxylic acids is 1. The van der Waals surface area contributed by atoms with Crippen LogP contribution >= 0.6 is 0 Å². The van der Waals surface area contributed by atoms with Crippen molar-refractivity contribution in [2.24, 2.45) is 0 Å². The predicted octanol–water partition coefficient (Wildman–Crippen LogP) is 3.83. The highest BCUT2D eigenvalue weighted by Gasteiger charge is 2.51. The van der Waals surface area contributed by atoms with Gasteiger partial charge in [-0.2, -0.15) is 0 Å². The molecule has 0 heterocycles. The number of hydrogen-bond donors (Lipinski definition) is 2. The van der Waals surface area contributed by atoms with Crippen LogP contribution in [-0.2, 0) is 20.2 Å². The van der Waals surface area contributed by atoms with E-state index in [2.05, 4.69) is 10.0 Å². The molecule has 2 aromatic rings. The van der Waals surface area contributed by atoms with Gasteiger partial charge in [-0.25, -0.2) is 8.42 Å². The van der Waals surface area contributed by atoms with Crippen LogP contribution < -0.4 is 14.8 Å². The summed E-state index contributed by atoms with van der Waals surface area (Å²) in [5, 5.41) is 3.06. The Balaban J connectivity index is 1.71. The average molecular weight is 417 g/mol. The van der Waals surface area contributed by atoms with Crippen molar-refractivity contribution in [2.45, 2.75) is 56.4 Å². The molecule has 1 atom stereocenters. The van der Waals surface area contributed by atoms with Crippen LogP contribution in [-0.4, -0.2) is 27.0 Å². The normalized spacial score (nSPS) is 16.0. The summed E-state index contributed by atoms with van der Waals surface area (Å²) in [6.45, 7) is 6.42. The molecule has 1 aliphatic rings. The second kappa shape index (κ2) is 8.45. The molecule has 7 heteroatoms. The standard InChI is InChI=1S/C22H28N2O4S/c1-4-16(3)23-21(25)22(14-15-22)17-6-8-18(9-7-17)24-29(26,27)20-12-10-19(11-13-20)28-5-2/h6-13,16,24H,4-5,14-15H2,1-3H3,(H,23,25)/t16-/m1/s1. The van der Waals surface area contributed by atoms with Gasteiger partial charge in [0.2, 0.25) is 5.91 Å². The minimum Gasteiger partial charge on any atom is -0.494 e. The lowest BCUT2D eigenvalue weighted by molar-refractivity contribution is -0.124. The van der Waals surface area contributed by atoms with Gasteiger partial charge in [0, 0.05) is 11.7 Å². The van der Waals surface area contributed by atoms with Gasteiger partial charge in [-0.05, 0) is 75.1 Å². The number of nitrogens with one attached hydrogen (secondary N) is 2. The Morgan fingerprint density at radius 1 is 1.07 bits per heavy atom. The molecular weight excluding hydrogens is 388 g/mol. The lowest BCUT2D eigenvalue weighted by atomic mass is 9.94. The van der Waals surface area contributed by atoms with Crippen molar-refractivity contribution < 1.29 is 17.9 Å². The third-order valence-corrected chi connectivity index (χ3v) is 6.71. The van der Waals surface area contributed by atoms with Crippen LogP contribution in [0.1, 0.15) is 45.6 Å². The molecule has 1 saturated carbocycles. The van der Waals surface area contributed by atoms with Crippen molar-refractivity contribution in [1.29, 1.82) is 0 Å². The van der Waals surface area contributed by atoms with Gasteiger partial charge in [0.1, 0.15) is 5.75 Å². The van der Waals surface area contributed by atoms with Crippen LogP contribution in [0.4, 0.5) is 5.69 Å². The van der Waals surface area contributed by atoms with Gasteiger partial charge in [0.15, 0.2) is 0 Å². The van der Waals surface area contributed by atoms with E-state index in [0.29, 0.717) is 18.0 Å².